The number of rotatable bonds is 9. The van der Waals surface area contributed by atoms with Crippen molar-refractivity contribution in [1.29, 1.82) is 0 Å². The van der Waals surface area contributed by atoms with Gasteiger partial charge in [0.15, 0.2) is 0 Å². The molecule has 0 unspecified atom stereocenters. The summed E-state index contributed by atoms with van der Waals surface area (Å²) in [5, 5.41) is 4.04. The van der Waals surface area contributed by atoms with Crippen molar-refractivity contribution in [2.45, 2.75) is 32.4 Å². The molecular weight excluding hydrogens is 424 g/mol. The molecule has 1 fully saturated rings. The van der Waals surface area contributed by atoms with Crippen LogP contribution in [-0.4, -0.2) is 43.8 Å². The molecule has 0 bridgehead atoms. The maximum atomic E-state index is 12.7. The summed E-state index contributed by atoms with van der Waals surface area (Å²) in [6, 6.07) is 14.1. The van der Waals surface area contributed by atoms with Crippen LogP contribution >= 0.6 is 0 Å². The second-order valence-corrected chi connectivity index (χ2v) is 7.24. The Balaban J connectivity index is 1.87. The molecule has 3 rings (SSSR count). The van der Waals surface area contributed by atoms with Gasteiger partial charge in [-0.3, -0.25) is 4.79 Å². The minimum absolute atomic E-state index is 0.0980. The van der Waals surface area contributed by atoms with Crippen LogP contribution in [0.5, 0.6) is 0 Å². The van der Waals surface area contributed by atoms with Gasteiger partial charge in [-0.1, -0.05) is 41.6 Å². The van der Waals surface area contributed by atoms with E-state index in [1.165, 1.54) is 19.4 Å². The normalized spacial score (nSPS) is 15.9. The number of hydrogen-bond donors (Lipinski definition) is 0. The van der Waals surface area contributed by atoms with Gasteiger partial charge in [-0.15, -0.1) is 0 Å². The molecule has 172 valence electrons. The number of methoxy groups -OCH3 is 1. The first kappa shape index (κ1) is 23.7. The van der Waals surface area contributed by atoms with Gasteiger partial charge >= 0.3 is 11.9 Å². The number of carbonyl (C=O) groups is 3. The number of nitrogens with zero attached hydrogens (tertiary/aromatic N) is 2. The van der Waals surface area contributed by atoms with Crippen LogP contribution in [0, 0.1) is 0 Å². The summed E-state index contributed by atoms with van der Waals surface area (Å²) in [6.07, 6.45) is 5.33. The van der Waals surface area contributed by atoms with E-state index in [1.807, 2.05) is 30.3 Å². The molecule has 0 spiro atoms. The van der Waals surface area contributed by atoms with Crippen LogP contribution < -0.4 is 4.90 Å². The molecule has 8 nitrogen and oxygen atoms in total. The lowest BCUT2D eigenvalue weighted by atomic mass is 10.1. The first-order valence-corrected chi connectivity index (χ1v) is 10.6. The van der Waals surface area contributed by atoms with Crippen LogP contribution in [-0.2, 0) is 30.5 Å². The Kier molecular flexibility index (Phi) is 8.35. The highest BCUT2D eigenvalue weighted by atomic mass is 16.6. The number of amides is 1. The molecule has 1 aliphatic rings. The van der Waals surface area contributed by atoms with Gasteiger partial charge < -0.3 is 19.2 Å². The van der Waals surface area contributed by atoms with Crippen LogP contribution in [0.15, 0.2) is 65.8 Å². The van der Waals surface area contributed by atoms with Crippen molar-refractivity contribution in [1.82, 2.24) is 0 Å². The van der Waals surface area contributed by atoms with Gasteiger partial charge in [-0.05, 0) is 37.1 Å². The van der Waals surface area contributed by atoms with E-state index in [0.29, 0.717) is 29.7 Å². The lowest BCUT2D eigenvalue weighted by Crippen LogP contribution is -2.32. The maximum absolute atomic E-state index is 12.7. The smallest absolute Gasteiger partial charge is 0.337 e. The van der Waals surface area contributed by atoms with E-state index in [9.17, 15) is 14.4 Å². The Morgan fingerprint density at radius 3 is 2.70 bits per heavy atom. The Hall–Kier alpha value is -3.94. The number of hydrogen-bond acceptors (Lipinski definition) is 7. The van der Waals surface area contributed by atoms with Crippen molar-refractivity contribution in [2.24, 2.45) is 5.16 Å². The molecule has 0 N–H and O–H groups in total. The van der Waals surface area contributed by atoms with Crippen LogP contribution in [0.25, 0.3) is 0 Å². The van der Waals surface area contributed by atoms with E-state index in [-0.39, 0.29) is 25.2 Å². The summed E-state index contributed by atoms with van der Waals surface area (Å²) in [7, 11) is 1.30. The van der Waals surface area contributed by atoms with Crippen molar-refractivity contribution >= 4 is 29.7 Å². The summed E-state index contributed by atoms with van der Waals surface area (Å²) in [4.78, 5) is 43.5. The fraction of sp³-hybridized carbons (Fsp3) is 0.280. The zero-order valence-corrected chi connectivity index (χ0v) is 18.6. The molecule has 1 heterocycles. The number of anilines is 1. The van der Waals surface area contributed by atoms with E-state index in [1.54, 1.807) is 36.1 Å². The Morgan fingerprint density at radius 1 is 1.18 bits per heavy atom. The maximum Gasteiger partial charge on any atom is 0.337 e. The molecular formula is C25H26N2O6. The highest BCUT2D eigenvalue weighted by Crippen LogP contribution is 2.30. The molecule has 1 saturated heterocycles. The molecule has 0 aliphatic carbocycles. The van der Waals surface area contributed by atoms with Crippen LogP contribution in [0.2, 0.25) is 0 Å². The van der Waals surface area contributed by atoms with Gasteiger partial charge in [0, 0.05) is 18.1 Å². The van der Waals surface area contributed by atoms with Crippen molar-refractivity contribution < 1.29 is 28.7 Å². The highest BCUT2D eigenvalue weighted by Gasteiger charge is 2.32. The van der Waals surface area contributed by atoms with Crippen LogP contribution in [0.1, 0.15) is 41.3 Å². The minimum atomic E-state index is -0.507. The Labute approximate surface area is 192 Å². The fourth-order valence-electron chi connectivity index (χ4n) is 3.48. The van der Waals surface area contributed by atoms with Crippen molar-refractivity contribution in [3.63, 3.8) is 0 Å². The lowest BCUT2D eigenvalue weighted by Gasteiger charge is -2.24. The first-order valence-electron chi connectivity index (χ1n) is 10.6. The monoisotopic (exact) mass is 450 g/mol. The molecule has 1 aliphatic heterocycles. The molecule has 2 aromatic rings. The van der Waals surface area contributed by atoms with Crippen LogP contribution in [0.4, 0.5) is 5.69 Å². The summed E-state index contributed by atoms with van der Waals surface area (Å²) in [5.74, 6) is -1.07. The fourth-order valence-corrected chi connectivity index (χ4v) is 3.48. The van der Waals surface area contributed by atoms with Gasteiger partial charge in [0.2, 0.25) is 5.91 Å². The predicted molar refractivity (Wildman–Crippen MR) is 123 cm³/mol. The van der Waals surface area contributed by atoms with Gasteiger partial charge in [0.1, 0.15) is 6.61 Å². The van der Waals surface area contributed by atoms with E-state index >= 15 is 0 Å². The summed E-state index contributed by atoms with van der Waals surface area (Å²) < 4.78 is 9.74. The van der Waals surface area contributed by atoms with E-state index in [4.69, 9.17) is 14.3 Å². The average molecular weight is 450 g/mol. The van der Waals surface area contributed by atoms with Gasteiger partial charge in [-0.25, -0.2) is 9.59 Å². The zero-order chi connectivity index (χ0) is 23.6. The number of oxime groups is 1. The molecule has 2 aromatic carbocycles. The van der Waals surface area contributed by atoms with Gasteiger partial charge in [0.25, 0.3) is 0 Å². The highest BCUT2D eigenvalue weighted by molar-refractivity contribution is 6.03. The number of benzene rings is 2. The van der Waals surface area contributed by atoms with Gasteiger partial charge in [0.05, 0.1) is 37.2 Å². The topological polar surface area (TPSA) is 94.5 Å². The van der Waals surface area contributed by atoms with E-state index < -0.39 is 11.9 Å². The minimum Gasteiger partial charge on any atom is -0.465 e. The van der Waals surface area contributed by atoms with E-state index in [0.717, 1.165) is 5.56 Å². The van der Waals surface area contributed by atoms with Gasteiger partial charge in [-0.2, -0.15) is 0 Å². The molecule has 1 atom stereocenters. The summed E-state index contributed by atoms with van der Waals surface area (Å²) >= 11 is 0. The Morgan fingerprint density at radius 2 is 1.97 bits per heavy atom. The number of carbonyl (C=O) groups excluding carboxylic acids is 3. The molecule has 0 radical (unpaired) electrons. The molecule has 33 heavy (non-hydrogen) atoms. The average Bonchev–Trinajstić information content (AvgIpc) is 3.20. The number of ether oxygens (including phenoxy) is 2. The summed E-state index contributed by atoms with van der Waals surface area (Å²) in [6.45, 7) is 2.28. The third-order valence-corrected chi connectivity index (χ3v) is 5.04. The molecule has 8 heteroatoms. The lowest BCUT2D eigenvalue weighted by molar-refractivity contribution is -0.137. The third-order valence-electron chi connectivity index (χ3n) is 5.04. The predicted octanol–water partition coefficient (Wildman–Crippen LogP) is 3.64. The van der Waals surface area contributed by atoms with Crippen molar-refractivity contribution in [3.05, 3.63) is 77.4 Å². The molecule has 0 saturated carbocycles. The van der Waals surface area contributed by atoms with Crippen LogP contribution in [0.3, 0.4) is 0 Å². The second kappa shape index (κ2) is 11.6. The largest absolute Gasteiger partial charge is 0.465 e. The number of esters is 2. The van der Waals surface area contributed by atoms with Crippen molar-refractivity contribution in [3.8, 4) is 0 Å². The second-order valence-electron chi connectivity index (χ2n) is 7.24. The molecule has 1 amide bonds. The first-order chi connectivity index (χ1) is 16.0. The third kappa shape index (κ3) is 6.29. The van der Waals surface area contributed by atoms with Crippen molar-refractivity contribution in [2.75, 3.05) is 18.6 Å². The quantitative estimate of drug-likeness (QED) is 0.251. The molecule has 0 aromatic heterocycles. The van der Waals surface area contributed by atoms with E-state index in [2.05, 4.69) is 5.16 Å². The Bertz CT molecular complexity index is 1050. The SMILES string of the molecule is CCOC(=O)/C=C/[C@@H]1CCC(=O)N1c1ccc(C(=O)OC)cc1/C=N/OCc1ccccc1. The zero-order valence-electron chi connectivity index (χ0n) is 18.6. The summed E-state index contributed by atoms with van der Waals surface area (Å²) in [5.41, 5.74) is 2.33. The standard InChI is InChI=1S/C25H26N2O6/c1-3-32-24(29)14-11-21-10-13-23(28)27(21)22-12-9-19(25(30)31-2)15-20(22)16-26-33-17-18-7-5-4-6-8-18/h4-9,11-12,14-16,21H,3,10,13,17H2,1-2H3/b14-11+,26-16+/t21-/m0/s1.